The van der Waals surface area contributed by atoms with E-state index in [1.165, 1.54) is 12.8 Å². The summed E-state index contributed by atoms with van der Waals surface area (Å²) in [5.74, 6) is 0.787. The van der Waals surface area contributed by atoms with E-state index in [1.807, 2.05) is 6.33 Å². The Morgan fingerprint density at radius 2 is 2.15 bits per heavy atom. The van der Waals surface area contributed by atoms with Crippen molar-refractivity contribution in [2.75, 3.05) is 25.9 Å². The number of hydrogen-bond acceptors (Lipinski definition) is 3. The molecule has 0 atom stereocenters. The summed E-state index contributed by atoms with van der Waals surface area (Å²) in [6.07, 6.45) is 5.91. The maximum absolute atomic E-state index is 5.79. The highest BCUT2D eigenvalue weighted by Crippen LogP contribution is 2.23. The minimum atomic E-state index is 0.554. The summed E-state index contributed by atoms with van der Waals surface area (Å²) in [6, 6.07) is 0.554. The third-order valence-electron chi connectivity index (χ3n) is 2.78. The highest BCUT2D eigenvalue weighted by atomic mass is 15.2. The molecule has 4 nitrogen and oxygen atoms in total. The summed E-state index contributed by atoms with van der Waals surface area (Å²) in [5, 5.41) is 0. The fourth-order valence-electron chi connectivity index (χ4n) is 1.89. The number of piperidine rings is 1. The molecule has 2 heterocycles. The third kappa shape index (κ3) is 1.67. The molecule has 0 radical (unpaired) electrons. The largest absolute Gasteiger partial charge is 0.384 e. The van der Waals surface area contributed by atoms with Crippen LogP contribution in [0.1, 0.15) is 18.9 Å². The molecule has 1 aliphatic heterocycles. The van der Waals surface area contributed by atoms with Crippen LogP contribution in [0.4, 0.5) is 5.82 Å². The molecule has 0 bridgehead atoms. The van der Waals surface area contributed by atoms with Gasteiger partial charge in [-0.25, -0.2) is 4.98 Å². The molecule has 4 heteroatoms. The van der Waals surface area contributed by atoms with Crippen molar-refractivity contribution in [2.24, 2.45) is 0 Å². The van der Waals surface area contributed by atoms with Crippen LogP contribution in [0.25, 0.3) is 0 Å². The Bertz CT molecular complexity index is 273. The smallest absolute Gasteiger partial charge is 0.123 e. The minimum absolute atomic E-state index is 0.554. The molecule has 1 aromatic rings. The van der Waals surface area contributed by atoms with E-state index in [-0.39, 0.29) is 0 Å². The van der Waals surface area contributed by atoms with Gasteiger partial charge in [0.25, 0.3) is 0 Å². The Morgan fingerprint density at radius 1 is 1.46 bits per heavy atom. The van der Waals surface area contributed by atoms with E-state index in [0.717, 1.165) is 18.9 Å². The molecule has 0 amide bonds. The van der Waals surface area contributed by atoms with E-state index in [4.69, 9.17) is 5.73 Å². The van der Waals surface area contributed by atoms with Crippen molar-refractivity contribution < 1.29 is 0 Å². The predicted molar refractivity (Wildman–Crippen MR) is 52.4 cm³/mol. The second kappa shape index (κ2) is 3.38. The van der Waals surface area contributed by atoms with Crippen molar-refractivity contribution in [1.82, 2.24) is 14.5 Å². The summed E-state index contributed by atoms with van der Waals surface area (Å²) in [5.41, 5.74) is 5.79. The molecule has 0 spiro atoms. The molecule has 2 N–H and O–H groups in total. The lowest BCUT2D eigenvalue weighted by molar-refractivity contribution is 0.222. The number of likely N-dealkylation sites (tertiary alicyclic amines) is 1. The van der Waals surface area contributed by atoms with E-state index in [9.17, 15) is 0 Å². The summed E-state index contributed by atoms with van der Waals surface area (Å²) in [7, 11) is 2.16. The van der Waals surface area contributed by atoms with Gasteiger partial charge in [0.15, 0.2) is 0 Å². The number of nitrogens with zero attached hydrogens (tertiary/aromatic N) is 3. The SMILES string of the molecule is CN1CCC(n2cncc2N)CC1. The monoisotopic (exact) mass is 180 g/mol. The van der Waals surface area contributed by atoms with Crippen LogP contribution >= 0.6 is 0 Å². The first-order chi connectivity index (χ1) is 6.27. The Balaban J connectivity index is 2.06. The van der Waals surface area contributed by atoms with E-state index >= 15 is 0 Å². The van der Waals surface area contributed by atoms with Crippen LogP contribution in [-0.2, 0) is 0 Å². The van der Waals surface area contributed by atoms with Crippen molar-refractivity contribution in [3.8, 4) is 0 Å². The highest BCUT2D eigenvalue weighted by molar-refractivity contribution is 5.25. The first-order valence-corrected chi connectivity index (χ1v) is 4.73. The van der Waals surface area contributed by atoms with Gasteiger partial charge in [-0.1, -0.05) is 0 Å². The number of aromatic nitrogens is 2. The normalized spacial score (nSPS) is 20.7. The van der Waals surface area contributed by atoms with Crippen molar-refractivity contribution in [2.45, 2.75) is 18.9 Å². The zero-order chi connectivity index (χ0) is 9.26. The maximum atomic E-state index is 5.79. The second-order valence-electron chi connectivity index (χ2n) is 3.76. The molecule has 0 saturated carbocycles. The zero-order valence-electron chi connectivity index (χ0n) is 7.98. The first kappa shape index (κ1) is 8.56. The lowest BCUT2D eigenvalue weighted by Gasteiger charge is -2.30. The predicted octanol–water partition coefficient (Wildman–Crippen LogP) is 0.732. The number of rotatable bonds is 1. The van der Waals surface area contributed by atoms with Gasteiger partial charge in [-0.2, -0.15) is 0 Å². The fourth-order valence-corrected chi connectivity index (χ4v) is 1.89. The zero-order valence-corrected chi connectivity index (χ0v) is 7.98. The maximum Gasteiger partial charge on any atom is 0.123 e. The number of nitrogen functional groups attached to an aromatic ring is 1. The molecule has 72 valence electrons. The average Bonchev–Trinajstić information content (AvgIpc) is 2.53. The van der Waals surface area contributed by atoms with Crippen LogP contribution in [0.3, 0.4) is 0 Å². The van der Waals surface area contributed by atoms with Gasteiger partial charge in [0.05, 0.1) is 12.5 Å². The molecule has 13 heavy (non-hydrogen) atoms. The Kier molecular flexibility index (Phi) is 2.22. The minimum Gasteiger partial charge on any atom is -0.384 e. The van der Waals surface area contributed by atoms with Gasteiger partial charge in [-0.3, -0.25) is 0 Å². The first-order valence-electron chi connectivity index (χ1n) is 4.73. The topological polar surface area (TPSA) is 47.1 Å². The van der Waals surface area contributed by atoms with Crippen LogP contribution in [0.5, 0.6) is 0 Å². The van der Waals surface area contributed by atoms with E-state index in [2.05, 4.69) is 21.5 Å². The number of anilines is 1. The van der Waals surface area contributed by atoms with Crippen molar-refractivity contribution in [1.29, 1.82) is 0 Å². The highest BCUT2D eigenvalue weighted by Gasteiger charge is 2.18. The molecule has 1 aliphatic rings. The van der Waals surface area contributed by atoms with Crippen LogP contribution in [-0.4, -0.2) is 34.6 Å². The van der Waals surface area contributed by atoms with Crippen LogP contribution in [0.2, 0.25) is 0 Å². The Hall–Kier alpha value is -1.03. The van der Waals surface area contributed by atoms with Crippen LogP contribution in [0.15, 0.2) is 12.5 Å². The standard InChI is InChI=1S/C9H16N4/c1-12-4-2-8(3-5-12)13-7-11-6-9(13)10/h6-8H,2-5,10H2,1H3. The quantitative estimate of drug-likeness (QED) is 0.693. The molecule has 1 saturated heterocycles. The van der Waals surface area contributed by atoms with Gasteiger partial charge in [0.1, 0.15) is 5.82 Å². The van der Waals surface area contributed by atoms with E-state index in [0.29, 0.717) is 6.04 Å². The molecule has 0 aromatic carbocycles. The number of imidazole rings is 1. The van der Waals surface area contributed by atoms with Gasteiger partial charge in [0.2, 0.25) is 0 Å². The fraction of sp³-hybridized carbons (Fsp3) is 0.667. The summed E-state index contributed by atoms with van der Waals surface area (Å²) >= 11 is 0. The molecular weight excluding hydrogens is 164 g/mol. The lowest BCUT2D eigenvalue weighted by atomic mass is 10.1. The molecule has 0 unspecified atom stereocenters. The van der Waals surface area contributed by atoms with E-state index in [1.54, 1.807) is 6.20 Å². The second-order valence-corrected chi connectivity index (χ2v) is 3.76. The molecule has 1 fully saturated rings. The Morgan fingerprint density at radius 3 is 2.69 bits per heavy atom. The van der Waals surface area contributed by atoms with Crippen molar-refractivity contribution >= 4 is 5.82 Å². The summed E-state index contributed by atoms with van der Waals surface area (Å²) < 4.78 is 2.09. The third-order valence-corrected chi connectivity index (χ3v) is 2.78. The van der Waals surface area contributed by atoms with Gasteiger partial charge in [-0.05, 0) is 33.0 Å². The van der Waals surface area contributed by atoms with E-state index < -0.39 is 0 Å². The number of hydrogen-bond donors (Lipinski definition) is 1. The Labute approximate surface area is 78.4 Å². The van der Waals surface area contributed by atoms with Crippen LogP contribution < -0.4 is 5.73 Å². The summed E-state index contributed by atoms with van der Waals surface area (Å²) in [4.78, 5) is 6.39. The van der Waals surface area contributed by atoms with Crippen molar-refractivity contribution in [3.05, 3.63) is 12.5 Å². The molecule has 2 rings (SSSR count). The van der Waals surface area contributed by atoms with Crippen molar-refractivity contribution in [3.63, 3.8) is 0 Å². The molecule has 0 aliphatic carbocycles. The van der Waals surface area contributed by atoms with Gasteiger partial charge in [0, 0.05) is 6.04 Å². The van der Waals surface area contributed by atoms with Gasteiger partial charge < -0.3 is 15.2 Å². The molecule has 1 aromatic heterocycles. The molecular formula is C9H16N4. The number of nitrogens with two attached hydrogens (primary N) is 1. The van der Waals surface area contributed by atoms with Gasteiger partial charge >= 0.3 is 0 Å². The van der Waals surface area contributed by atoms with Gasteiger partial charge in [-0.15, -0.1) is 0 Å². The lowest BCUT2D eigenvalue weighted by Crippen LogP contribution is -2.31. The average molecular weight is 180 g/mol. The van der Waals surface area contributed by atoms with Crippen LogP contribution in [0, 0.1) is 0 Å². The summed E-state index contributed by atoms with van der Waals surface area (Å²) in [6.45, 7) is 2.31.